The summed E-state index contributed by atoms with van der Waals surface area (Å²) in [6, 6.07) is 8.22. The number of hydrogen-bond donors (Lipinski definition) is 0. The van der Waals surface area contributed by atoms with Crippen molar-refractivity contribution < 1.29 is 28.8 Å². The molecule has 0 aromatic heterocycles. The van der Waals surface area contributed by atoms with Crippen LogP contribution >= 0.6 is 11.8 Å². The van der Waals surface area contributed by atoms with Crippen molar-refractivity contribution in [3.05, 3.63) is 48.0 Å². The summed E-state index contributed by atoms with van der Waals surface area (Å²) in [6.07, 6.45) is 2.05. The van der Waals surface area contributed by atoms with E-state index in [1.54, 1.807) is 0 Å². The summed E-state index contributed by atoms with van der Waals surface area (Å²) in [6.45, 7) is 0. The molecule has 1 atom stereocenters. The Morgan fingerprint density at radius 3 is 2.19 bits per heavy atom. The van der Waals surface area contributed by atoms with Crippen LogP contribution in [0.2, 0.25) is 0 Å². The standard InChI is InChI=1S/C18H16N2O6S/c21-14-6-7-15(22)19(14)13(11-27-10-12-4-2-1-3-5-12)18(25)26-20-16(23)8-9-17(20)24/h1-7,13H,8-11H2/t13-/m1/s1. The Morgan fingerprint density at radius 1 is 1.00 bits per heavy atom. The van der Waals surface area contributed by atoms with Crippen molar-refractivity contribution in [3.63, 3.8) is 0 Å². The van der Waals surface area contributed by atoms with Gasteiger partial charge in [-0.3, -0.25) is 24.1 Å². The largest absolute Gasteiger partial charge is 0.356 e. The summed E-state index contributed by atoms with van der Waals surface area (Å²) in [5.74, 6) is -2.89. The number of benzene rings is 1. The van der Waals surface area contributed by atoms with Gasteiger partial charge in [0.1, 0.15) is 6.04 Å². The molecule has 4 amide bonds. The third kappa shape index (κ3) is 4.25. The minimum absolute atomic E-state index is 0.0390. The SMILES string of the molecule is O=C(ON1C(=O)CCC1=O)[C@@H](CSCc1ccccc1)N1C(=O)C=CC1=O. The van der Waals surface area contributed by atoms with Gasteiger partial charge in [0.2, 0.25) is 0 Å². The van der Waals surface area contributed by atoms with E-state index in [2.05, 4.69) is 0 Å². The predicted octanol–water partition coefficient (Wildman–Crippen LogP) is 0.821. The van der Waals surface area contributed by atoms with E-state index >= 15 is 0 Å². The average molecular weight is 388 g/mol. The van der Waals surface area contributed by atoms with E-state index in [0.717, 1.165) is 22.6 Å². The van der Waals surface area contributed by atoms with Gasteiger partial charge in [-0.25, -0.2) is 4.79 Å². The molecule has 9 heteroatoms. The van der Waals surface area contributed by atoms with Gasteiger partial charge in [0.25, 0.3) is 23.6 Å². The molecule has 0 bridgehead atoms. The molecule has 0 saturated carbocycles. The van der Waals surface area contributed by atoms with E-state index in [4.69, 9.17) is 4.84 Å². The van der Waals surface area contributed by atoms with Crippen LogP contribution in [0.4, 0.5) is 0 Å². The van der Waals surface area contributed by atoms with E-state index in [9.17, 15) is 24.0 Å². The average Bonchev–Trinajstić information content (AvgIpc) is 3.15. The first-order chi connectivity index (χ1) is 13.0. The van der Waals surface area contributed by atoms with E-state index in [1.165, 1.54) is 11.8 Å². The van der Waals surface area contributed by atoms with Gasteiger partial charge in [-0.1, -0.05) is 30.3 Å². The van der Waals surface area contributed by atoms with Gasteiger partial charge in [-0.2, -0.15) is 11.8 Å². The maximum atomic E-state index is 12.6. The van der Waals surface area contributed by atoms with Gasteiger partial charge in [0.05, 0.1) is 0 Å². The van der Waals surface area contributed by atoms with Crippen LogP contribution in [0.1, 0.15) is 18.4 Å². The fourth-order valence-electron chi connectivity index (χ4n) is 2.64. The molecular formula is C18H16N2O6S. The molecule has 1 aromatic carbocycles. The second-order valence-corrected chi connectivity index (χ2v) is 6.92. The maximum absolute atomic E-state index is 12.6. The number of nitrogens with zero attached hydrogens (tertiary/aromatic N) is 2. The van der Waals surface area contributed by atoms with E-state index in [-0.39, 0.29) is 18.6 Å². The number of rotatable bonds is 7. The molecule has 1 aromatic rings. The van der Waals surface area contributed by atoms with Crippen molar-refractivity contribution in [2.45, 2.75) is 24.6 Å². The van der Waals surface area contributed by atoms with Crippen LogP contribution in [0.3, 0.4) is 0 Å². The second-order valence-electron chi connectivity index (χ2n) is 5.89. The zero-order chi connectivity index (χ0) is 19.4. The lowest BCUT2D eigenvalue weighted by Crippen LogP contribution is -2.49. The fourth-order valence-corrected chi connectivity index (χ4v) is 3.69. The molecule has 2 aliphatic rings. The van der Waals surface area contributed by atoms with Crippen molar-refractivity contribution in [2.24, 2.45) is 0 Å². The first kappa shape index (κ1) is 18.8. The molecule has 1 fully saturated rings. The minimum atomic E-state index is -1.24. The molecule has 2 heterocycles. The smallest absolute Gasteiger partial charge is 0.328 e. The van der Waals surface area contributed by atoms with Crippen LogP contribution in [0, 0.1) is 0 Å². The number of carbonyl (C=O) groups excluding carboxylic acids is 5. The Balaban J connectivity index is 1.70. The van der Waals surface area contributed by atoms with E-state index < -0.39 is 35.6 Å². The number of amides is 4. The molecule has 0 aliphatic carbocycles. The molecule has 8 nitrogen and oxygen atoms in total. The first-order valence-corrected chi connectivity index (χ1v) is 9.37. The molecule has 140 valence electrons. The zero-order valence-corrected chi connectivity index (χ0v) is 15.0. The molecule has 3 rings (SSSR count). The Kier molecular flexibility index (Phi) is 5.70. The Bertz CT molecular complexity index is 788. The van der Waals surface area contributed by atoms with Crippen LogP contribution in [0.5, 0.6) is 0 Å². The van der Waals surface area contributed by atoms with E-state index in [1.807, 2.05) is 30.3 Å². The van der Waals surface area contributed by atoms with Crippen molar-refractivity contribution in [3.8, 4) is 0 Å². The van der Waals surface area contributed by atoms with Crippen molar-refractivity contribution in [1.29, 1.82) is 0 Å². The summed E-state index contributed by atoms with van der Waals surface area (Å²) >= 11 is 1.33. The second kappa shape index (κ2) is 8.17. The molecule has 2 aliphatic heterocycles. The normalized spacial score (nSPS) is 17.8. The number of imide groups is 2. The number of carbonyl (C=O) groups is 5. The van der Waals surface area contributed by atoms with Crippen LogP contribution < -0.4 is 0 Å². The third-order valence-electron chi connectivity index (χ3n) is 4.00. The van der Waals surface area contributed by atoms with Gasteiger partial charge < -0.3 is 4.84 Å². The van der Waals surface area contributed by atoms with Gasteiger partial charge >= 0.3 is 5.97 Å². The molecule has 0 N–H and O–H groups in total. The highest BCUT2D eigenvalue weighted by Gasteiger charge is 2.40. The summed E-state index contributed by atoms with van der Waals surface area (Å²) in [4.78, 5) is 65.5. The summed E-state index contributed by atoms with van der Waals surface area (Å²) in [7, 11) is 0. The minimum Gasteiger partial charge on any atom is -0.328 e. The lowest BCUT2D eigenvalue weighted by atomic mass is 10.2. The summed E-state index contributed by atoms with van der Waals surface area (Å²) in [5.41, 5.74) is 1.01. The van der Waals surface area contributed by atoms with Crippen molar-refractivity contribution in [2.75, 3.05) is 5.75 Å². The number of thioether (sulfide) groups is 1. The topological polar surface area (TPSA) is 101 Å². The van der Waals surface area contributed by atoms with E-state index in [0.29, 0.717) is 10.8 Å². The van der Waals surface area contributed by atoms with Crippen molar-refractivity contribution >= 4 is 41.4 Å². The third-order valence-corrected chi connectivity index (χ3v) is 5.09. The lowest BCUT2D eigenvalue weighted by Gasteiger charge is -2.25. The predicted molar refractivity (Wildman–Crippen MR) is 94.6 cm³/mol. The molecule has 0 spiro atoms. The highest BCUT2D eigenvalue weighted by Crippen LogP contribution is 2.21. The first-order valence-electron chi connectivity index (χ1n) is 8.22. The highest BCUT2D eigenvalue weighted by atomic mass is 32.2. The number of hydrogen-bond acceptors (Lipinski definition) is 7. The monoisotopic (exact) mass is 388 g/mol. The van der Waals surface area contributed by atoms with Gasteiger partial charge in [-0.15, -0.1) is 5.06 Å². The summed E-state index contributed by atoms with van der Waals surface area (Å²) in [5, 5.41) is 0.412. The highest BCUT2D eigenvalue weighted by molar-refractivity contribution is 7.98. The molecule has 0 unspecified atom stereocenters. The van der Waals surface area contributed by atoms with Crippen LogP contribution in [0.15, 0.2) is 42.5 Å². The molecule has 1 saturated heterocycles. The van der Waals surface area contributed by atoms with Crippen LogP contribution in [-0.4, -0.2) is 51.4 Å². The molecule has 27 heavy (non-hydrogen) atoms. The van der Waals surface area contributed by atoms with Crippen LogP contribution in [-0.2, 0) is 34.6 Å². The van der Waals surface area contributed by atoms with Gasteiger partial charge in [-0.05, 0) is 5.56 Å². The van der Waals surface area contributed by atoms with Crippen LogP contribution in [0.25, 0.3) is 0 Å². The van der Waals surface area contributed by atoms with Gasteiger partial charge in [0, 0.05) is 36.5 Å². The maximum Gasteiger partial charge on any atom is 0.356 e. The molecule has 0 radical (unpaired) electrons. The van der Waals surface area contributed by atoms with Gasteiger partial charge in [0.15, 0.2) is 0 Å². The Hall–Kier alpha value is -2.94. The van der Waals surface area contributed by atoms with Crippen molar-refractivity contribution in [1.82, 2.24) is 9.96 Å². The quantitative estimate of drug-likeness (QED) is 0.638. The Morgan fingerprint density at radius 2 is 1.59 bits per heavy atom. The number of hydroxylamine groups is 2. The zero-order valence-electron chi connectivity index (χ0n) is 14.2. The molecular weight excluding hydrogens is 372 g/mol. The Labute approximate surface area is 159 Å². The summed E-state index contributed by atoms with van der Waals surface area (Å²) < 4.78 is 0. The fraction of sp³-hybridized carbons (Fsp3) is 0.278. The lowest BCUT2D eigenvalue weighted by molar-refractivity contribution is -0.200.